The molecule has 0 saturated heterocycles. The van der Waals surface area contributed by atoms with Crippen LogP contribution in [0.1, 0.15) is 37.4 Å². The van der Waals surface area contributed by atoms with Gasteiger partial charge in [0.1, 0.15) is 0 Å². The van der Waals surface area contributed by atoms with Crippen molar-refractivity contribution in [3.05, 3.63) is 90.9 Å². The molecule has 0 bridgehead atoms. The van der Waals surface area contributed by atoms with E-state index in [0.717, 1.165) is 47.3 Å². The quantitative estimate of drug-likeness (QED) is 0.290. The van der Waals surface area contributed by atoms with Crippen molar-refractivity contribution >= 4 is 6.08 Å². The Bertz CT molecular complexity index is 924. The number of hydrogen-bond donors (Lipinski definition) is 0. The lowest BCUT2D eigenvalue weighted by Crippen LogP contribution is -1.91. The van der Waals surface area contributed by atoms with E-state index in [9.17, 15) is 4.39 Å². The number of alkyl halides is 1. The van der Waals surface area contributed by atoms with Crippen LogP contribution >= 0.6 is 0 Å². The Morgan fingerprint density at radius 3 is 2.17 bits per heavy atom. The Hall–Kier alpha value is -3.07. The lowest BCUT2D eigenvalue weighted by atomic mass is 10.0. The van der Waals surface area contributed by atoms with E-state index in [0.29, 0.717) is 6.42 Å². The van der Waals surface area contributed by atoms with E-state index in [1.54, 1.807) is 13.1 Å². The Labute approximate surface area is 172 Å². The van der Waals surface area contributed by atoms with Crippen molar-refractivity contribution in [1.82, 2.24) is 9.97 Å². The first kappa shape index (κ1) is 20.7. The van der Waals surface area contributed by atoms with Gasteiger partial charge in [-0.25, -0.2) is 4.39 Å². The highest BCUT2D eigenvalue weighted by Gasteiger charge is 2.03. The fraction of sp³-hybridized carbons (Fsp3) is 0.231. The Balaban J connectivity index is 1.62. The average molecular weight is 387 g/mol. The van der Waals surface area contributed by atoms with E-state index in [1.807, 2.05) is 12.3 Å². The lowest BCUT2D eigenvalue weighted by molar-refractivity contribution is 0.335. The van der Waals surface area contributed by atoms with Crippen LogP contribution in [-0.4, -0.2) is 16.1 Å². The summed E-state index contributed by atoms with van der Waals surface area (Å²) in [4.78, 5) is 8.91. The van der Waals surface area contributed by atoms with Gasteiger partial charge in [-0.1, -0.05) is 66.8 Å². The third-order valence-electron chi connectivity index (χ3n) is 4.77. The van der Waals surface area contributed by atoms with Crippen molar-refractivity contribution < 1.29 is 4.39 Å². The van der Waals surface area contributed by atoms with Gasteiger partial charge in [0, 0.05) is 18.2 Å². The van der Waals surface area contributed by atoms with Gasteiger partial charge in [0.25, 0.3) is 0 Å². The number of hydrogen-bond acceptors (Lipinski definition) is 2. The molecule has 3 heteroatoms. The molecule has 1 aromatic heterocycles. The van der Waals surface area contributed by atoms with Crippen LogP contribution in [0.3, 0.4) is 0 Å². The van der Waals surface area contributed by atoms with Crippen LogP contribution < -0.4 is 0 Å². The minimum absolute atomic E-state index is 0.629. The lowest BCUT2D eigenvalue weighted by Gasteiger charge is -2.05. The van der Waals surface area contributed by atoms with Crippen molar-refractivity contribution in [2.75, 3.05) is 0 Å². The molecular formula is C26H27FN2. The molecule has 148 valence electrons. The molecule has 1 heterocycles. The zero-order valence-electron chi connectivity index (χ0n) is 16.9. The third kappa shape index (κ3) is 6.21. The van der Waals surface area contributed by atoms with Crippen LogP contribution in [0.2, 0.25) is 0 Å². The molecule has 0 fully saturated rings. The van der Waals surface area contributed by atoms with Crippen molar-refractivity contribution in [3.63, 3.8) is 0 Å². The normalized spacial score (nSPS) is 12.2. The van der Waals surface area contributed by atoms with E-state index >= 15 is 0 Å². The predicted octanol–water partition coefficient (Wildman–Crippen LogP) is 7.08. The molecule has 3 aromatic rings. The van der Waals surface area contributed by atoms with Crippen molar-refractivity contribution in [2.45, 2.75) is 38.8 Å². The summed E-state index contributed by atoms with van der Waals surface area (Å²) >= 11 is 0. The van der Waals surface area contributed by atoms with E-state index in [1.165, 1.54) is 5.56 Å². The molecule has 0 radical (unpaired) electrons. The average Bonchev–Trinajstić information content (AvgIpc) is 2.75. The second-order valence-corrected chi connectivity index (χ2v) is 7.20. The van der Waals surface area contributed by atoms with Gasteiger partial charge in [-0.3, -0.25) is 9.97 Å². The molecule has 0 amide bonds. The van der Waals surface area contributed by atoms with Gasteiger partial charge >= 0.3 is 0 Å². The van der Waals surface area contributed by atoms with E-state index in [2.05, 4.69) is 77.2 Å². The minimum atomic E-state index is -0.710. The Kier molecular flexibility index (Phi) is 7.46. The molecular weight excluding hydrogens is 359 g/mol. The molecule has 0 aliphatic rings. The highest BCUT2D eigenvalue weighted by molar-refractivity contribution is 5.69. The maximum absolute atomic E-state index is 12.8. The van der Waals surface area contributed by atoms with Gasteiger partial charge in [0.2, 0.25) is 0 Å². The molecule has 0 spiro atoms. The zero-order chi connectivity index (χ0) is 20.5. The fourth-order valence-corrected chi connectivity index (χ4v) is 3.11. The smallest absolute Gasteiger partial charge is 0.0973 e. The van der Waals surface area contributed by atoms with Gasteiger partial charge in [-0.15, -0.1) is 6.58 Å². The number of allylic oxidation sites excluding steroid dienone is 2. The fourth-order valence-electron chi connectivity index (χ4n) is 3.11. The van der Waals surface area contributed by atoms with Gasteiger partial charge < -0.3 is 0 Å². The Morgan fingerprint density at radius 1 is 0.931 bits per heavy atom. The highest BCUT2D eigenvalue weighted by atomic mass is 19.1. The number of aromatic nitrogens is 2. The van der Waals surface area contributed by atoms with Gasteiger partial charge in [0.05, 0.1) is 23.8 Å². The largest absolute Gasteiger partial charge is 0.257 e. The number of nitrogens with zero attached hydrogens (tertiary/aromatic N) is 2. The predicted molar refractivity (Wildman–Crippen MR) is 120 cm³/mol. The SMILES string of the molecule is C=CCc1cnc(-c2ccc(-c3ccc(/C=C/CCCC(C)F)cc3)cc2)cn1. The van der Waals surface area contributed by atoms with Crippen LogP contribution in [0, 0.1) is 0 Å². The third-order valence-corrected chi connectivity index (χ3v) is 4.77. The second-order valence-electron chi connectivity index (χ2n) is 7.20. The molecule has 0 aliphatic carbocycles. The first-order chi connectivity index (χ1) is 14.2. The number of rotatable bonds is 9. The number of unbranched alkanes of at least 4 members (excludes halogenated alkanes) is 1. The Morgan fingerprint density at radius 2 is 1.59 bits per heavy atom. The van der Waals surface area contributed by atoms with E-state index < -0.39 is 6.17 Å². The molecule has 1 unspecified atom stereocenters. The van der Waals surface area contributed by atoms with Crippen LogP contribution in [-0.2, 0) is 6.42 Å². The summed E-state index contributed by atoms with van der Waals surface area (Å²) < 4.78 is 12.8. The maximum Gasteiger partial charge on any atom is 0.0973 e. The summed E-state index contributed by atoms with van der Waals surface area (Å²) in [5.74, 6) is 0. The van der Waals surface area contributed by atoms with Crippen LogP contribution in [0.4, 0.5) is 4.39 Å². The summed E-state index contributed by atoms with van der Waals surface area (Å²) in [5.41, 5.74) is 6.34. The molecule has 29 heavy (non-hydrogen) atoms. The molecule has 3 rings (SSSR count). The highest BCUT2D eigenvalue weighted by Crippen LogP contribution is 2.24. The van der Waals surface area contributed by atoms with Gasteiger partial charge in [-0.05, 0) is 42.9 Å². The molecule has 2 aromatic carbocycles. The monoisotopic (exact) mass is 386 g/mol. The van der Waals surface area contributed by atoms with Gasteiger partial charge in [0.15, 0.2) is 0 Å². The maximum atomic E-state index is 12.8. The summed E-state index contributed by atoms with van der Waals surface area (Å²) in [6, 6.07) is 16.8. The standard InChI is InChI=1S/C26H27FN2/c1-3-7-25-18-29-26(19-28-25)24-16-14-23(15-17-24)22-12-10-21(11-13-22)9-6-4-5-8-20(2)27/h3,6,9-20H,1,4-5,7-8H2,2H3/b9-6+. The van der Waals surface area contributed by atoms with Crippen molar-refractivity contribution in [3.8, 4) is 22.4 Å². The van der Waals surface area contributed by atoms with Crippen LogP contribution in [0.5, 0.6) is 0 Å². The number of benzene rings is 2. The first-order valence-corrected chi connectivity index (χ1v) is 10.1. The van der Waals surface area contributed by atoms with Crippen molar-refractivity contribution in [2.24, 2.45) is 0 Å². The summed E-state index contributed by atoms with van der Waals surface area (Å²) in [6.07, 6.45) is 12.1. The zero-order valence-corrected chi connectivity index (χ0v) is 16.9. The van der Waals surface area contributed by atoms with Crippen LogP contribution in [0.15, 0.2) is 79.7 Å². The van der Waals surface area contributed by atoms with Gasteiger partial charge in [-0.2, -0.15) is 0 Å². The van der Waals surface area contributed by atoms with E-state index in [-0.39, 0.29) is 0 Å². The topological polar surface area (TPSA) is 25.8 Å². The molecule has 0 saturated carbocycles. The summed E-state index contributed by atoms with van der Waals surface area (Å²) in [6.45, 7) is 5.34. The summed E-state index contributed by atoms with van der Waals surface area (Å²) in [7, 11) is 0. The molecule has 2 nitrogen and oxygen atoms in total. The second kappa shape index (κ2) is 10.5. The molecule has 0 aliphatic heterocycles. The minimum Gasteiger partial charge on any atom is -0.257 e. The van der Waals surface area contributed by atoms with Crippen molar-refractivity contribution in [1.29, 1.82) is 0 Å². The summed E-state index contributed by atoms with van der Waals surface area (Å²) in [5, 5.41) is 0. The number of halogens is 1. The van der Waals surface area contributed by atoms with Crippen LogP contribution in [0.25, 0.3) is 28.5 Å². The molecule has 0 N–H and O–H groups in total. The molecule has 1 atom stereocenters. The first-order valence-electron chi connectivity index (χ1n) is 10.1. The van der Waals surface area contributed by atoms with E-state index in [4.69, 9.17) is 0 Å².